The van der Waals surface area contributed by atoms with Gasteiger partial charge in [0.2, 0.25) is 0 Å². The molecule has 5 aliphatic rings. The molecule has 0 saturated heterocycles. The van der Waals surface area contributed by atoms with Crippen LogP contribution in [0.1, 0.15) is 69.4 Å². The lowest BCUT2D eigenvalue weighted by Crippen LogP contribution is -2.36. The maximum absolute atomic E-state index is 15.0. The Balaban J connectivity index is 1.43. The Morgan fingerprint density at radius 3 is 2.81 bits per heavy atom. The summed E-state index contributed by atoms with van der Waals surface area (Å²) in [6.07, 6.45) is 2.47. The van der Waals surface area contributed by atoms with E-state index in [-0.39, 0.29) is 17.4 Å². The van der Waals surface area contributed by atoms with E-state index >= 15 is 0 Å². The van der Waals surface area contributed by atoms with Crippen LogP contribution in [-0.4, -0.2) is 39.0 Å². The normalized spacial score (nSPS) is 18.2. The number of rotatable bonds is 1. The van der Waals surface area contributed by atoms with Gasteiger partial charge in [0.15, 0.2) is 0 Å². The average Bonchev–Trinajstić information content (AvgIpc) is 3.32. The largest absolute Gasteiger partial charge is 0.377 e. The topological polar surface area (TPSA) is 60.2 Å². The second kappa shape index (κ2) is 9.71. The summed E-state index contributed by atoms with van der Waals surface area (Å²) in [7, 11) is 0. The van der Waals surface area contributed by atoms with Crippen molar-refractivity contribution in [3.8, 4) is 0 Å². The van der Waals surface area contributed by atoms with E-state index in [1.54, 1.807) is 17.0 Å². The summed E-state index contributed by atoms with van der Waals surface area (Å²) in [6.45, 7) is 6.90. The lowest BCUT2D eigenvalue weighted by Gasteiger charge is -2.30. The highest BCUT2D eigenvalue weighted by atomic mass is 19.1. The summed E-state index contributed by atoms with van der Waals surface area (Å²) >= 11 is 0. The van der Waals surface area contributed by atoms with E-state index in [2.05, 4.69) is 54.5 Å². The minimum Gasteiger partial charge on any atom is -0.377 e. The van der Waals surface area contributed by atoms with Gasteiger partial charge in [0.05, 0.1) is 17.7 Å². The lowest BCUT2D eigenvalue weighted by molar-refractivity contribution is 0.0729. The van der Waals surface area contributed by atoms with Gasteiger partial charge in [-0.05, 0) is 77.8 Å². The van der Waals surface area contributed by atoms with Crippen LogP contribution in [0, 0.1) is 12.7 Å². The quantitative estimate of drug-likeness (QED) is 0.346. The average molecular weight is 499 g/mol. The molecular weight excluding hydrogens is 467 g/mol. The monoisotopic (exact) mass is 498 g/mol. The molecular formula is C30H31FN4O2. The highest BCUT2D eigenvalue weighted by Gasteiger charge is 2.26. The highest BCUT2D eigenvalue weighted by molar-refractivity contribution is 5.94. The molecule has 9 bridgehead atoms. The molecule has 1 atom stereocenters. The van der Waals surface area contributed by atoms with Crippen molar-refractivity contribution >= 4 is 16.9 Å². The summed E-state index contributed by atoms with van der Waals surface area (Å²) in [5.74, 6) is -0.550. The fraction of sp³-hybridized carbons (Fsp3) is 0.367. The SMILES string of the molecule is CCC1c2ccc3c(c2)CN(CC3)C(=O)c2ccc(cc2F)COCCCn2nnc3c(C)c1ccc32. The Bertz CT molecular complexity index is 1490. The van der Waals surface area contributed by atoms with Gasteiger partial charge in [0, 0.05) is 32.2 Å². The zero-order valence-corrected chi connectivity index (χ0v) is 21.3. The first-order valence-electron chi connectivity index (χ1n) is 13.1. The van der Waals surface area contributed by atoms with Crippen molar-refractivity contribution in [1.29, 1.82) is 0 Å². The van der Waals surface area contributed by atoms with Crippen LogP contribution in [0.2, 0.25) is 0 Å². The number of carbonyl (C=O) groups excluding carboxylic acids is 1. The van der Waals surface area contributed by atoms with Crippen LogP contribution in [0.5, 0.6) is 0 Å². The molecule has 9 rings (SSSR count). The zero-order valence-electron chi connectivity index (χ0n) is 21.3. The van der Waals surface area contributed by atoms with Crippen LogP contribution in [0.25, 0.3) is 11.0 Å². The summed E-state index contributed by atoms with van der Waals surface area (Å²) in [6, 6.07) is 15.8. The van der Waals surface area contributed by atoms with Gasteiger partial charge in [-0.2, -0.15) is 0 Å². The first-order valence-corrected chi connectivity index (χ1v) is 13.1. The third-order valence-electron chi connectivity index (χ3n) is 7.89. The number of aromatic nitrogens is 3. The van der Waals surface area contributed by atoms with Gasteiger partial charge in [-0.15, -0.1) is 5.10 Å². The minimum absolute atomic E-state index is 0.117. The van der Waals surface area contributed by atoms with Gasteiger partial charge in [-0.3, -0.25) is 4.79 Å². The van der Waals surface area contributed by atoms with Crippen LogP contribution >= 0.6 is 0 Å². The molecule has 6 nitrogen and oxygen atoms in total. The van der Waals surface area contributed by atoms with Crippen LogP contribution in [0.4, 0.5) is 4.39 Å². The van der Waals surface area contributed by atoms with E-state index in [9.17, 15) is 9.18 Å². The molecule has 6 heterocycles. The number of hydrogen-bond acceptors (Lipinski definition) is 4. The van der Waals surface area contributed by atoms with E-state index in [0.717, 1.165) is 41.4 Å². The van der Waals surface area contributed by atoms with Crippen molar-refractivity contribution in [3.63, 3.8) is 0 Å². The fourth-order valence-corrected chi connectivity index (χ4v) is 5.83. The third-order valence-corrected chi connectivity index (χ3v) is 7.89. The number of halogens is 1. The first kappa shape index (κ1) is 23.8. The molecule has 0 spiro atoms. The maximum atomic E-state index is 15.0. The number of benzene rings is 3. The molecule has 1 unspecified atom stereocenters. The summed E-state index contributed by atoms with van der Waals surface area (Å²) in [5.41, 5.74) is 8.82. The molecule has 1 amide bonds. The number of amides is 1. The maximum Gasteiger partial charge on any atom is 0.257 e. The smallest absolute Gasteiger partial charge is 0.257 e. The Labute approximate surface area is 216 Å². The Morgan fingerprint density at radius 2 is 1.97 bits per heavy atom. The number of aryl methyl sites for hydroxylation is 2. The molecule has 0 fully saturated rings. The standard InChI is InChI=1S/C30H31FN4O2/c1-3-24-22-7-6-21-11-13-34(17-23(21)16-22)30(36)26-8-5-20(15-27(26)31)18-37-14-4-12-35-28-10-9-25(24)19(2)29(28)32-33-35/h5-10,15-16,24H,3-4,11-14,17-18H2,1-2H3. The van der Waals surface area contributed by atoms with Crippen molar-refractivity contribution in [2.45, 2.75) is 58.7 Å². The van der Waals surface area contributed by atoms with E-state index in [0.29, 0.717) is 38.4 Å². The number of carbonyl (C=O) groups is 1. The molecule has 0 radical (unpaired) electrons. The first-order chi connectivity index (χ1) is 18.0. The van der Waals surface area contributed by atoms with E-state index in [1.165, 1.54) is 22.8 Å². The summed E-state index contributed by atoms with van der Waals surface area (Å²) < 4.78 is 22.7. The molecule has 37 heavy (non-hydrogen) atoms. The lowest BCUT2D eigenvalue weighted by atomic mass is 9.84. The molecule has 7 heteroatoms. The van der Waals surface area contributed by atoms with Crippen molar-refractivity contribution < 1.29 is 13.9 Å². The Morgan fingerprint density at radius 1 is 1.08 bits per heavy atom. The minimum atomic E-state index is -0.496. The number of ether oxygens (including phenoxy) is 1. The van der Waals surface area contributed by atoms with Gasteiger partial charge >= 0.3 is 0 Å². The van der Waals surface area contributed by atoms with Crippen LogP contribution in [0.15, 0.2) is 48.5 Å². The van der Waals surface area contributed by atoms with Crippen LogP contribution in [-0.2, 0) is 30.9 Å². The Kier molecular flexibility index (Phi) is 6.24. The Hall–Kier alpha value is -3.58. The predicted octanol–water partition coefficient (Wildman–Crippen LogP) is 5.54. The molecule has 190 valence electrons. The van der Waals surface area contributed by atoms with E-state index in [4.69, 9.17) is 4.74 Å². The van der Waals surface area contributed by atoms with Gasteiger partial charge in [-0.25, -0.2) is 9.07 Å². The van der Waals surface area contributed by atoms with Gasteiger partial charge in [-0.1, -0.05) is 42.5 Å². The van der Waals surface area contributed by atoms with Crippen LogP contribution in [0.3, 0.4) is 0 Å². The molecule has 0 saturated carbocycles. The van der Waals surface area contributed by atoms with Crippen LogP contribution < -0.4 is 0 Å². The number of hydrogen-bond donors (Lipinski definition) is 0. The summed E-state index contributed by atoms with van der Waals surface area (Å²) in [5, 5.41) is 8.95. The number of nitrogens with zero attached hydrogens (tertiary/aromatic N) is 4. The van der Waals surface area contributed by atoms with Gasteiger partial charge < -0.3 is 9.64 Å². The van der Waals surface area contributed by atoms with E-state index < -0.39 is 5.82 Å². The second-order valence-electron chi connectivity index (χ2n) is 10.1. The highest BCUT2D eigenvalue weighted by Crippen LogP contribution is 2.35. The molecule has 0 aliphatic carbocycles. The van der Waals surface area contributed by atoms with E-state index in [1.807, 2.05) is 4.68 Å². The molecule has 5 aliphatic heterocycles. The van der Waals surface area contributed by atoms with Gasteiger partial charge in [0.1, 0.15) is 11.3 Å². The van der Waals surface area contributed by atoms with Gasteiger partial charge in [0.25, 0.3) is 5.91 Å². The molecule has 3 aromatic carbocycles. The molecule has 1 aromatic heterocycles. The molecule has 4 aromatic rings. The third kappa shape index (κ3) is 4.31. The van der Waals surface area contributed by atoms with Crippen molar-refractivity contribution in [1.82, 2.24) is 19.9 Å². The predicted molar refractivity (Wildman–Crippen MR) is 140 cm³/mol. The zero-order chi connectivity index (χ0) is 25.5. The second-order valence-corrected chi connectivity index (χ2v) is 10.1. The fourth-order valence-electron chi connectivity index (χ4n) is 5.83. The molecule has 0 N–H and O–H groups in total. The van der Waals surface area contributed by atoms with Crippen molar-refractivity contribution in [2.24, 2.45) is 0 Å². The summed E-state index contributed by atoms with van der Waals surface area (Å²) in [4.78, 5) is 15.1. The van der Waals surface area contributed by atoms with Crippen molar-refractivity contribution in [2.75, 3.05) is 13.2 Å². The van der Waals surface area contributed by atoms with Crippen molar-refractivity contribution in [3.05, 3.63) is 93.3 Å².